The molecular formula is C18H18ClN3O4. The van der Waals surface area contributed by atoms with E-state index in [2.05, 4.69) is 5.32 Å². The molecule has 7 nitrogen and oxygen atoms in total. The molecule has 1 heterocycles. The van der Waals surface area contributed by atoms with E-state index in [9.17, 15) is 14.9 Å². The monoisotopic (exact) mass is 375 g/mol. The van der Waals surface area contributed by atoms with Crippen molar-refractivity contribution in [3.8, 4) is 11.5 Å². The average Bonchev–Trinajstić information content (AvgIpc) is 2.63. The Hall–Kier alpha value is -2.64. The molecule has 8 heteroatoms. The SMILES string of the molecule is CC1CNCCN1C(=O)c1ccc(Oc2ccc(Cl)cc2[N+](=O)[O-])cc1. The lowest BCUT2D eigenvalue weighted by Crippen LogP contribution is -2.52. The molecule has 3 rings (SSSR count). The second kappa shape index (κ2) is 7.72. The first-order chi connectivity index (χ1) is 12.5. The van der Waals surface area contributed by atoms with Crippen molar-refractivity contribution in [1.82, 2.24) is 10.2 Å². The fourth-order valence-corrected chi connectivity index (χ4v) is 2.99. The van der Waals surface area contributed by atoms with Crippen molar-refractivity contribution < 1.29 is 14.5 Å². The molecule has 136 valence electrons. The summed E-state index contributed by atoms with van der Waals surface area (Å²) in [6.45, 7) is 4.21. The van der Waals surface area contributed by atoms with Crippen LogP contribution >= 0.6 is 11.6 Å². The van der Waals surface area contributed by atoms with Gasteiger partial charge < -0.3 is 15.0 Å². The molecule has 0 radical (unpaired) electrons. The van der Waals surface area contributed by atoms with Gasteiger partial charge in [-0.3, -0.25) is 14.9 Å². The molecule has 2 aromatic carbocycles. The van der Waals surface area contributed by atoms with Crippen LogP contribution in [0.2, 0.25) is 5.02 Å². The summed E-state index contributed by atoms with van der Waals surface area (Å²) in [5, 5.41) is 14.6. The summed E-state index contributed by atoms with van der Waals surface area (Å²) in [6.07, 6.45) is 0. The first-order valence-corrected chi connectivity index (χ1v) is 8.57. The number of piperazine rings is 1. The number of ether oxygens (including phenoxy) is 1. The van der Waals surface area contributed by atoms with Crippen LogP contribution in [0, 0.1) is 10.1 Å². The van der Waals surface area contributed by atoms with E-state index in [0.29, 0.717) is 17.9 Å². The summed E-state index contributed by atoms with van der Waals surface area (Å²) < 4.78 is 5.59. The van der Waals surface area contributed by atoms with Gasteiger partial charge in [-0.1, -0.05) is 11.6 Å². The highest BCUT2D eigenvalue weighted by atomic mass is 35.5. The molecule has 1 atom stereocenters. The standard InChI is InChI=1S/C18H18ClN3O4/c1-12-11-20-8-9-21(12)18(23)13-2-5-15(6-3-13)26-17-7-4-14(19)10-16(17)22(24)25/h2-7,10,12,20H,8-9,11H2,1H3. The van der Waals surface area contributed by atoms with E-state index in [0.717, 1.165) is 13.1 Å². The van der Waals surface area contributed by atoms with Crippen LogP contribution in [0.25, 0.3) is 0 Å². The van der Waals surface area contributed by atoms with Crippen LogP contribution in [0.5, 0.6) is 11.5 Å². The third-order valence-electron chi connectivity index (χ3n) is 4.21. The highest BCUT2D eigenvalue weighted by Gasteiger charge is 2.24. The van der Waals surface area contributed by atoms with Crippen LogP contribution in [-0.2, 0) is 0 Å². The zero-order valence-electron chi connectivity index (χ0n) is 14.1. The lowest BCUT2D eigenvalue weighted by atomic mass is 10.1. The number of nitrogens with zero attached hydrogens (tertiary/aromatic N) is 2. The van der Waals surface area contributed by atoms with Gasteiger partial charge in [-0.25, -0.2) is 0 Å². The van der Waals surface area contributed by atoms with E-state index >= 15 is 0 Å². The second-order valence-electron chi connectivity index (χ2n) is 6.05. The average molecular weight is 376 g/mol. The number of nitro benzene ring substituents is 1. The quantitative estimate of drug-likeness (QED) is 0.653. The molecular weight excluding hydrogens is 358 g/mol. The number of carbonyl (C=O) groups is 1. The number of amides is 1. The van der Waals surface area contributed by atoms with Crippen LogP contribution in [0.1, 0.15) is 17.3 Å². The maximum Gasteiger partial charge on any atom is 0.313 e. The van der Waals surface area contributed by atoms with Crippen LogP contribution in [0.3, 0.4) is 0 Å². The topological polar surface area (TPSA) is 84.7 Å². The highest BCUT2D eigenvalue weighted by Crippen LogP contribution is 2.33. The van der Waals surface area contributed by atoms with Crippen LogP contribution in [0.4, 0.5) is 5.69 Å². The minimum absolute atomic E-state index is 0.0389. The molecule has 1 N–H and O–H groups in total. The van der Waals surface area contributed by atoms with Gasteiger partial charge in [0.05, 0.1) is 4.92 Å². The normalized spacial score (nSPS) is 17.0. The summed E-state index contributed by atoms with van der Waals surface area (Å²) in [4.78, 5) is 25.0. The Kier molecular flexibility index (Phi) is 5.39. The zero-order chi connectivity index (χ0) is 18.7. The van der Waals surface area contributed by atoms with Crippen molar-refractivity contribution in [1.29, 1.82) is 0 Å². The number of nitro groups is 1. The van der Waals surface area contributed by atoms with Crippen molar-refractivity contribution in [2.75, 3.05) is 19.6 Å². The van der Waals surface area contributed by atoms with Crippen molar-refractivity contribution in [3.63, 3.8) is 0 Å². The summed E-state index contributed by atoms with van der Waals surface area (Å²) in [7, 11) is 0. The summed E-state index contributed by atoms with van der Waals surface area (Å²) in [5.74, 6) is 0.456. The largest absolute Gasteiger partial charge is 0.450 e. The molecule has 2 aromatic rings. The van der Waals surface area contributed by atoms with Gasteiger partial charge in [0.15, 0.2) is 0 Å². The molecule has 1 amide bonds. The predicted octanol–water partition coefficient (Wildman–Crippen LogP) is 3.47. The fraction of sp³-hybridized carbons (Fsp3) is 0.278. The Morgan fingerprint density at radius 2 is 2.04 bits per heavy atom. The minimum atomic E-state index is -0.551. The smallest absolute Gasteiger partial charge is 0.313 e. The predicted molar refractivity (Wildman–Crippen MR) is 98.0 cm³/mol. The third-order valence-corrected chi connectivity index (χ3v) is 4.44. The number of carbonyl (C=O) groups excluding carboxylic acids is 1. The van der Waals surface area contributed by atoms with Crippen LogP contribution in [-0.4, -0.2) is 41.4 Å². The lowest BCUT2D eigenvalue weighted by Gasteiger charge is -2.34. The highest BCUT2D eigenvalue weighted by molar-refractivity contribution is 6.30. The number of halogens is 1. The Labute approximate surface area is 155 Å². The molecule has 1 aliphatic rings. The lowest BCUT2D eigenvalue weighted by molar-refractivity contribution is -0.385. The fourth-order valence-electron chi connectivity index (χ4n) is 2.82. The Bertz CT molecular complexity index is 826. The third kappa shape index (κ3) is 3.95. The second-order valence-corrected chi connectivity index (χ2v) is 6.48. The van der Waals surface area contributed by atoms with Gasteiger partial charge in [0.1, 0.15) is 5.75 Å². The zero-order valence-corrected chi connectivity index (χ0v) is 14.9. The van der Waals surface area contributed by atoms with Gasteiger partial charge in [-0.05, 0) is 43.3 Å². The summed E-state index contributed by atoms with van der Waals surface area (Å²) in [6, 6.07) is 10.9. The number of rotatable bonds is 4. The van der Waals surface area contributed by atoms with Gasteiger partial charge in [0.25, 0.3) is 5.91 Å². The Balaban J connectivity index is 1.76. The Morgan fingerprint density at radius 1 is 1.31 bits per heavy atom. The van der Waals surface area contributed by atoms with Crippen LogP contribution in [0.15, 0.2) is 42.5 Å². The molecule has 0 bridgehead atoms. The molecule has 0 aliphatic carbocycles. The van der Waals surface area contributed by atoms with Gasteiger partial charge in [-0.15, -0.1) is 0 Å². The maximum atomic E-state index is 12.6. The molecule has 1 saturated heterocycles. The van der Waals surface area contributed by atoms with E-state index in [4.69, 9.17) is 16.3 Å². The number of hydrogen-bond acceptors (Lipinski definition) is 5. The van der Waals surface area contributed by atoms with E-state index < -0.39 is 4.92 Å². The first kappa shape index (κ1) is 18.2. The maximum absolute atomic E-state index is 12.6. The molecule has 0 saturated carbocycles. The molecule has 1 fully saturated rings. The molecule has 1 unspecified atom stereocenters. The van der Waals surface area contributed by atoms with E-state index in [1.807, 2.05) is 11.8 Å². The first-order valence-electron chi connectivity index (χ1n) is 8.19. The summed E-state index contributed by atoms with van der Waals surface area (Å²) in [5.41, 5.74) is 0.337. The molecule has 26 heavy (non-hydrogen) atoms. The summed E-state index contributed by atoms with van der Waals surface area (Å²) >= 11 is 5.80. The molecule has 1 aliphatic heterocycles. The van der Waals surface area contributed by atoms with Crippen molar-refractivity contribution in [2.45, 2.75) is 13.0 Å². The van der Waals surface area contributed by atoms with Gasteiger partial charge in [-0.2, -0.15) is 0 Å². The van der Waals surface area contributed by atoms with E-state index in [1.165, 1.54) is 18.2 Å². The van der Waals surface area contributed by atoms with Gasteiger partial charge >= 0.3 is 5.69 Å². The number of hydrogen-bond donors (Lipinski definition) is 1. The number of benzene rings is 2. The van der Waals surface area contributed by atoms with Gasteiger partial charge in [0, 0.05) is 42.3 Å². The number of nitrogens with one attached hydrogen (secondary N) is 1. The minimum Gasteiger partial charge on any atom is -0.450 e. The van der Waals surface area contributed by atoms with Crippen LogP contribution < -0.4 is 10.1 Å². The van der Waals surface area contributed by atoms with Gasteiger partial charge in [0.2, 0.25) is 5.75 Å². The van der Waals surface area contributed by atoms with E-state index in [1.54, 1.807) is 24.3 Å². The van der Waals surface area contributed by atoms with Crippen molar-refractivity contribution >= 4 is 23.2 Å². The van der Waals surface area contributed by atoms with E-state index in [-0.39, 0.29) is 28.4 Å². The molecule has 0 spiro atoms. The molecule has 0 aromatic heterocycles. The van der Waals surface area contributed by atoms with Crippen molar-refractivity contribution in [2.24, 2.45) is 0 Å². The van der Waals surface area contributed by atoms with Crippen molar-refractivity contribution in [3.05, 3.63) is 63.2 Å². The Morgan fingerprint density at radius 3 is 2.69 bits per heavy atom.